The van der Waals surface area contributed by atoms with Gasteiger partial charge in [0.1, 0.15) is 0 Å². The van der Waals surface area contributed by atoms with Gasteiger partial charge >= 0.3 is 5.97 Å². The molecule has 0 N–H and O–H groups in total. The molecule has 4 rings (SSSR count). The molecule has 0 bridgehead atoms. The second kappa shape index (κ2) is 10.4. The van der Waals surface area contributed by atoms with Gasteiger partial charge in [-0.1, -0.05) is 64.4 Å². The summed E-state index contributed by atoms with van der Waals surface area (Å²) in [7, 11) is 0. The lowest BCUT2D eigenvalue weighted by molar-refractivity contribution is -0.139. The lowest BCUT2D eigenvalue weighted by Gasteiger charge is -2.24. The molecule has 3 aromatic rings. The van der Waals surface area contributed by atoms with Crippen molar-refractivity contribution in [2.75, 3.05) is 13.2 Å². The van der Waals surface area contributed by atoms with Gasteiger partial charge in [-0.05, 0) is 57.0 Å². The van der Waals surface area contributed by atoms with Crippen LogP contribution < -0.4 is 19.6 Å². The molecule has 1 atom stereocenters. The Morgan fingerprint density at radius 1 is 1.11 bits per heavy atom. The molecule has 1 aliphatic rings. The molecule has 182 valence electrons. The minimum Gasteiger partial charge on any atom is -0.491 e. The standard InChI is InChI=1S/C26H24Cl2N2O4S/c1-5-33-23-18(27)11-16(12-19(23)28)13-20-24(31)30-22(17-9-7-14(3)8-10-17)21(25(32)34-6-2)15(4)29-26(30)35-20/h7-13,22H,5-6H2,1-4H3/b20-13+/t22-/m1/s1. The Labute approximate surface area is 216 Å². The number of ether oxygens (including phenoxy) is 2. The molecule has 0 radical (unpaired) electrons. The highest BCUT2D eigenvalue weighted by Gasteiger charge is 2.33. The van der Waals surface area contributed by atoms with Crippen LogP contribution in [-0.2, 0) is 9.53 Å². The average molecular weight is 531 g/mol. The maximum Gasteiger partial charge on any atom is 0.338 e. The Bertz CT molecular complexity index is 1480. The van der Waals surface area contributed by atoms with Gasteiger partial charge in [-0.2, -0.15) is 0 Å². The van der Waals surface area contributed by atoms with Gasteiger partial charge in [-0.25, -0.2) is 9.79 Å². The number of hydrogen-bond acceptors (Lipinski definition) is 6. The van der Waals surface area contributed by atoms with Crippen LogP contribution in [0.3, 0.4) is 0 Å². The van der Waals surface area contributed by atoms with Gasteiger partial charge in [0.15, 0.2) is 10.6 Å². The SMILES string of the molecule is CCOC(=O)C1=C(C)N=c2s/c(=C/c3cc(Cl)c(OCC)c(Cl)c3)c(=O)n2[C@@H]1c1ccc(C)cc1. The molecule has 0 unspecified atom stereocenters. The predicted octanol–water partition coefficient (Wildman–Crippen LogP) is 4.81. The molecule has 0 aliphatic carbocycles. The summed E-state index contributed by atoms with van der Waals surface area (Å²) < 4.78 is 12.8. The third-order valence-corrected chi connectivity index (χ3v) is 7.06. The second-order valence-electron chi connectivity index (χ2n) is 7.96. The first kappa shape index (κ1) is 25.2. The minimum atomic E-state index is -0.652. The Morgan fingerprint density at radius 2 is 1.77 bits per heavy atom. The van der Waals surface area contributed by atoms with Crippen LogP contribution in [0.1, 0.15) is 43.5 Å². The normalized spacial score (nSPS) is 15.6. The number of thiazole rings is 1. The molecule has 2 aromatic carbocycles. The molecule has 0 fully saturated rings. The van der Waals surface area contributed by atoms with Crippen LogP contribution in [0.2, 0.25) is 10.0 Å². The van der Waals surface area contributed by atoms with E-state index in [0.29, 0.717) is 48.6 Å². The van der Waals surface area contributed by atoms with E-state index < -0.39 is 12.0 Å². The first-order chi connectivity index (χ1) is 16.7. The lowest BCUT2D eigenvalue weighted by Crippen LogP contribution is -2.39. The van der Waals surface area contributed by atoms with Gasteiger partial charge in [0, 0.05) is 0 Å². The summed E-state index contributed by atoms with van der Waals surface area (Å²) in [5.74, 6) is -0.0813. The molecular formula is C26H24Cl2N2O4S. The number of aryl methyl sites for hydroxylation is 1. The molecular weight excluding hydrogens is 507 g/mol. The smallest absolute Gasteiger partial charge is 0.338 e. The molecule has 0 saturated heterocycles. The largest absolute Gasteiger partial charge is 0.491 e. The maximum atomic E-state index is 13.7. The third-order valence-electron chi connectivity index (χ3n) is 5.52. The fourth-order valence-corrected chi connectivity index (χ4v) is 5.61. The van der Waals surface area contributed by atoms with Crippen molar-refractivity contribution < 1.29 is 14.3 Å². The van der Waals surface area contributed by atoms with Gasteiger partial charge in [0.2, 0.25) is 0 Å². The van der Waals surface area contributed by atoms with E-state index in [1.807, 2.05) is 38.1 Å². The van der Waals surface area contributed by atoms with E-state index in [1.165, 1.54) is 11.3 Å². The Kier molecular flexibility index (Phi) is 7.50. The first-order valence-corrected chi connectivity index (χ1v) is 12.7. The van der Waals surface area contributed by atoms with Crippen LogP contribution in [0, 0.1) is 6.92 Å². The number of esters is 1. The number of aromatic nitrogens is 1. The number of carbonyl (C=O) groups excluding carboxylic acids is 1. The van der Waals surface area contributed by atoms with Crippen molar-refractivity contribution in [1.82, 2.24) is 4.57 Å². The number of nitrogens with zero attached hydrogens (tertiary/aromatic N) is 2. The van der Waals surface area contributed by atoms with E-state index >= 15 is 0 Å². The number of carbonyl (C=O) groups is 1. The first-order valence-electron chi connectivity index (χ1n) is 11.1. The molecule has 9 heteroatoms. The summed E-state index contributed by atoms with van der Waals surface area (Å²) in [6.07, 6.45) is 1.72. The zero-order valence-corrected chi connectivity index (χ0v) is 22.1. The molecule has 1 aromatic heterocycles. The van der Waals surface area contributed by atoms with E-state index in [-0.39, 0.29) is 12.2 Å². The van der Waals surface area contributed by atoms with E-state index in [0.717, 1.165) is 11.1 Å². The highest BCUT2D eigenvalue weighted by Crippen LogP contribution is 2.34. The topological polar surface area (TPSA) is 69.9 Å². The van der Waals surface area contributed by atoms with Crippen LogP contribution in [0.5, 0.6) is 5.75 Å². The van der Waals surface area contributed by atoms with Gasteiger partial charge < -0.3 is 9.47 Å². The summed E-state index contributed by atoms with van der Waals surface area (Å²) in [6, 6.07) is 10.5. The maximum absolute atomic E-state index is 13.7. The summed E-state index contributed by atoms with van der Waals surface area (Å²) >= 11 is 13.9. The predicted molar refractivity (Wildman–Crippen MR) is 139 cm³/mol. The van der Waals surface area contributed by atoms with E-state index in [2.05, 4.69) is 4.99 Å². The van der Waals surface area contributed by atoms with Crippen LogP contribution >= 0.6 is 34.5 Å². The van der Waals surface area contributed by atoms with Crippen molar-refractivity contribution in [3.05, 3.63) is 94.1 Å². The van der Waals surface area contributed by atoms with Crippen LogP contribution in [0.4, 0.5) is 0 Å². The number of allylic oxidation sites excluding steroid dienone is 1. The summed E-state index contributed by atoms with van der Waals surface area (Å²) in [4.78, 5) is 31.7. The van der Waals surface area contributed by atoms with Crippen molar-refractivity contribution in [3.8, 4) is 5.75 Å². The second-order valence-corrected chi connectivity index (χ2v) is 9.78. The third kappa shape index (κ3) is 4.94. The van der Waals surface area contributed by atoms with E-state index in [1.54, 1.807) is 36.6 Å². The quantitative estimate of drug-likeness (QED) is 0.428. The minimum absolute atomic E-state index is 0.222. The Morgan fingerprint density at radius 3 is 2.37 bits per heavy atom. The number of halogens is 2. The van der Waals surface area contributed by atoms with Crippen molar-refractivity contribution in [3.63, 3.8) is 0 Å². The molecule has 0 amide bonds. The Balaban J connectivity index is 1.91. The van der Waals surface area contributed by atoms with Crippen molar-refractivity contribution in [2.24, 2.45) is 4.99 Å². The highest BCUT2D eigenvalue weighted by molar-refractivity contribution is 7.07. The summed E-state index contributed by atoms with van der Waals surface area (Å²) in [5.41, 5.74) is 3.13. The van der Waals surface area contributed by atoms with Gasteiger partial charge in [-0.3, -0.25) is 9.36 Å². The zero-order chi connectivity index (χ0) is 25.3. The van der Waals surface area contributed by atoms with Crippen LogP contribution in [0.15, 0.2) is 57.5 Å². The molecule has 35 heavy (non-hydrogen) atoms. The summed E-state index contributed by atoms with van der Waals surface area (Å²) in [6.45, 7) is 7.99. The van der Waals surface area contributed by atoms with Crippen molar-refractivity contribution >= 4 is 46.6 Å². The molecule has 0 saturated carbocycles. The van der Waals surface area contributed by atoms with Crippen LogP contribution in [-0.4, -0.2) is 23.8 Å². The van der Waals surface area contributed by atoms with Crippen molar-refractivity contribution in [2.45, 2.75) is 33.7 Å². The monoisotopic (exact) mass is 530 g/mol. The fourth-order valence-electron chi connectivity index (χ4n) is 3.95. The van der Waals surface area contributed by atoms with Crippen molar-refractivity contribution in [1.29, 1.82) is 0 Å². The number of rotatable bonds is 6. The van der Waals surface area contributed by atoms with Gasteiger partial charge in [0.05, 0.1) is 45.1 Å². The molecule has 0 spiro atoms. The van der Waals surface area contributed by atoms with E-state index in [9.17, 15) is 9.59 Å². The average Bonchev–Trinajstić information content (AvgIpc) is 3.10. The Hall–Kier alpha value is -2.87. The number of fused-ring (bicyclic) bond motifs is 1. The molecule has 1 aliphatic heterocycles. The number of hydrogen-bond donors (Lipinski definition) is 0. The number of benzene rings is 2. The van der Waals surface area contributed by atoms with Crippen LogP contribution in [0.25, 0.3) is 6.08 Å². The van der Waals surface area contributed by atoms with Gasteiger partial charge in [0.25, 0.3) is 5.56 Å². The molecule has 2 heterocycles. The lowest BCUT2D eigenvalue weighted by atomic mass is 9.95. The van der Waals surface area contributed by atoms with E-state index in [4.69, 9.17) is 32.7 Å². The zero-order valence-electron chi connectivity index (χ0n) is 19.7. The summed E-state index contributed by atoms with van der Waals surface area (Å²) in [5, 5.41) is 0.715. The van der Waals surface area contributed by atoms with Gasteiger partial charge in [-0.15, -0.1) is 0 Å². The highest BCUT2D eigenvalue weighted by atomic mass is 35.5. The fraction of sp³-hybridized carbons (Fsp3) is 0.269. The molecule has 6 nitrogen and oxygen atoms in total.